The number of aliphatic imine (C=N–C) groups is 1. The van der Waals surface area contributed by atoms with Crippen LogP contribution in [0.15, 0.2) is 23.2 Å². The van der Waals surface area contributed by atoms with E-state index in [1.54, 1.807) is 0 Å². The summed E-state index contributed by atoms with van der Waals surface area (Å²) in [5, 5.41) is 3.30. The van der Waals surface area contributed by atoms with Gasteiger partial charge in [0.15, 0.2) is 5.96 Å². The molecule has 3 nitrogen and oxygen atoms in total. The van der Waals surface area contributed by atoms with Gasteiger partial charge in [0.1, 0.15) is 0 Å². The Morgan fingerprint density at radius 2 is 2.00 bits per heavy atom. The van der Waals surface area contributed by atoms with E-state index in [1.165, 1.54) is 49.7 Å². The summed E-state index contributed by atoms with van der Waals surface area (Å²) in [7, 11) is 0. The highest BCUT2D eigenvalue weighted by molar-refractivity contribution is 14.0. The third-order valence-electron chi connectivity index (χ3n) is 4.40. The number of halogens is 1. The first-order valence-corrected chi connectivity index (χ1v) is 7.50. The minimum Gasteiger partial charge on any atom is -0.370 e. The van der Waals surface area contributed by atoms with Crippen LogP contribution >= 0.6 is 24.0 Å². The number of rotatable bonds is 3. The Kier molecular flexibility index (Phi) is 5.69. The SMILES string of the molecule is I.NC(=NCC1CCC1)Nc1cccc2c1CCCC2. The molecule has 3 N–H and O–H groups in total. The number of nitrogens with two attached hydrogens (primary N) is 1. The van der Waals surface area contributed by atoms with Crippen LogP contribution in [0.3, 0.4) is 0 Å². The second kappa shape index (κ2) is 7.29. The first kappa shape index (κ1) is 15.6. The standard InChI is InChI=1S/C16H23N3.HI/c17-16(18-11-12-5-3-6-12)19-15-10-4-8-13-7-1-2-9-14(13)15;/h4,8,10,12H,1-3,5-7,9,11H2,(H3,17,18,19);1H. The first-order chi connectivity index (χ1) is 9.33. The van der Waals surface area contributed by atoms with Gasteiger partial charge < -0.3 is 11.1 Å². The van der Waals surface area contributed by atoms with Gasteiger partial charge in [-0.2, -0.15) is 0 Å². The lowest BCUT2D eigenvalue weighted by Crippen LogP contribution is -2.26. The fraction of sp³-hybridized carbons (Fsp3) is 0.562. The minimum absolute atomic E-state index is 0. The maximum absolute atomic E-state index is 6.00. The van der Waals surface area contributed by atoms with Gasteiger partial charge in [-0.3, -0.25) is 4.99 Å². The molecule has 110 valence electrons. The van der Waals surface area contributed by atoms with E-state index in [4.69, 9.17) is 5.73 Å². The summed E-state index contributed by atoms with van der Waals surface area (Å²) in [6.45, 7) is 0.883. The van der Waals surface area contributed by atoms with Gasteiger partial charge in [-0.05, 0) is 61.6 Å². The zero-order chi connectivity index (χ0) is 13.1. The van der Waals surface area contributed by atoms with Crippen LogP contribution in [-0.2, 0) is 12.8 Å². The lowest BCUT2D eigenvalue weighted by atomic mass is 9.86. The smallest absolute Gasteiger partial charge is 0.193 e. The number of benzene rings is 1. The molecule has 2 aliphatic rings. The van der Waals surface area contributed by atoms with Crippen molar-refractivity contribution < 1.29 is 0 Å². The maximum Gasteiger partial charge on any atom is 0.193 e. The highest BCUT2D eigenvalue weighted by Crippen LogP contribution is 2.28. The summed E-state index contributed by atoms with van der Waals surface area (Å²) in [5.74, 6) is 1.34. The highest BCUT2D eigenvalue weighted by Gasteiger charge is 2.17. The molecule has 1 aromatic rings. The van der Waals surface area contributed by atoms with E-state index in [-0.39, 0.29) is 24.0 Å². The van der Waals surface area contributed by atoms with Gasteiger partial charge >= 0.3 is 0 Å². The molecule has 0 heterocycles. The molecule has 4 heteroatoms. The molecule has 3 rings (SSSR count). The van der Waals surface area contributed by atoms with Crippen molar-refractivity contribution in [1.29, 1.82) is 0 Å². The molecule has 0 atom stereocenters. The van der Waals surface area contributed by atoms with Gasteiger partial charge in [0.2, 0.25) is 0 Å². The minimum atomic E-state index is 0. The Labute approximate surface area is 138 Å². The van der Waals surface area contributed by atoms with Crippen LogP contribution in [0.2, 0.25) is 0 Å². The number of guanidine groups is 1. The van der Waals surface area contributed by atoms with Crippen molar-refractivity contribution in [2.75, 3.05) is 11.9 Å². The maximum atomic E-state index is 6.00. The van der Waals surface area contributed by atoms with Crippen molar-refractivity contribution in [2.24, 2.45) is 16.6 Å². The van der Waals surface area contributed by atoms with E-state index < -0.39 is 0 Å². The molecular weight excluding hydrogens is 361 g/mol. The molecular formula is C16H24IN3. The van der Waals surface area contributed by atoms with Crippen LogP contribution in [0.5, 0.6) is 0 Å². The van der Waals surface area contributed by atoms with Crippen LogP contribution in [-0.4, -0.2) is 12.5 Å². The topological polar surface area (TPSA) is 50.4 Å². The van der Waals surface area contributed by atoms with E-state index in [0.29, 0.717) is 5.96 Å². The molecule has 0 saturated heterocycles. The van der Waals surface area contributed by atoms with Crippen LogP contribution in [0.25, 0.3) is 0 Å². The number of fused-ring (bicyclic) bond motifs is 1. The van der Waals surface area contributed by atoms with E-state index in [2.05, 4.69) is 28.5 Å². The summed E-state index contributed by atoms with van der Waals surface area (Å²) < 4.78 is 0. The van der Waals surface area contributed by atoms with E-state index in [1.807, 2.05) is 0 Å². The molecule has 0 aliphatic heterocycles. The van der Waals surface area contributed by atoms with Gasteiger partial charge in [-0.25, -0.2) is 0 Å². The summed E-state index contributed by atoms with van der Waals surface area (Å²) >= 11 is 0. The van der Waals surface area contributed by atoms with E-state index >= 15 is 0 Å². The second-order valence-corrected chi connectivity index (χ2v) is 5.80. The molecule has 0 aromatic heterocycles. The van der Waals surface area contributed by atoms with Crippen LogP contribution < -0.4 is 11.1 Å². The molecule has 0 amide bonds. The largest absolute Gasteiger partial charge is 0.370 e. The molecule has 2 aliphatic carbocycles. The Balaban J connectivity index is 0.00000147. The highest BCUT2D eigenvalue weighted by atomic mass is 127. The summed E-state index contributed by atoms with van der Waals surface area (Å²) in [6, 6.07) is 6.48. The molecule has 20 heavy (non-hydrogen) atoms. The fourth-order valence-corrected chi connectivity index (χ4v) is 2.98. The van der Waals surface area contributed by atoms with Crippen molar-refractivity contribution in [3.05, 3.63) is 29.3 Å². The zero-order valence-electron chi connectivity index (χ0n) is 11.9. The lowest BCUT2D eigenvalue weighted by molar-refractivity contribution is 0.326. The van der Waals surface area contributed by atoms with Crippen LogP contribution in [0, 0.1) is 5.92 Å². The summed E-state index contributed by atoms with van der Waals surface area (Å²) in [5.41, 5.74) is 10.1. The second-order valence-electron chi connectivity index (χ2n) is 5.80. The molecule has 0 spiro atoms. The third-order valence-corrected chi connectivity index (χ3v) is 4.40. The predicted molar refractivity (Wildman–Crippen MR) is 96.0 cm³/mol. The van der Waals surface area contributed by atoms with Crippen molar-refractivity contribution in [3.8, 4) is 0 Å². The summed E-state index contributed by atoms with van der Waals surface area (Å²) in [4.78, 5) is 4.47. The average Bonchev–Trinajstić information content (AvgIpc) is 2.37. The quantitative estimate of drug-likeness (QED) is 0.474. The number of nitrogens with one attached hydrogen (secondary N) is 1. The third kappa shape index (κ3) is 3.65. The molecule has 1 aromatic carbocycles. The fourth-order valence-electron chi connectivity index (χ4n) is 2.98. The van der Waals surface area contributed by atoms with Crippen molar-refractivity contribution in [2.45, 2.75) is 44.9 Å². The molecule has 0 radical (unpaired) electrons. The normalized spacial score (nSPS) is 18.7. The van der Waals surface area contributed by atoms with Crippen molar-refractivity contribution in [1.82, 2.24) is 0 Å². The van der Waals surface area contributed by atoms with Crippen molar-refractivity contribution in [3.63, 3.8) is 0 Å². The van der Waals surface area contributed by atoms with Gasteiger partial charge in [-0.1, -0.05) is 18.6 Å². The Morgan fingerprint density at radius 3 is 2.75 bits per heavy atom. The van der Waals surface area contributed by atoms with Crippen LogP contribution in [0.1, 0.15) is 43.2 Å². The van der Waals surface area contributed by atoms with Crippen LogP contribution in [0.4, 0.5) is 5.69 Å². The number of hydrogen-bond donors (Lipinski definition) is 2. The number of nitrogens with zero attached hydrogens (tertiary/aromatic N) is 1. The first-order valence-electron chi connectivity index (χ1n) is 7.50. The lowest BCUT2D eigenvalue weighted by Gasteiger charge is -2.23. The molecule has 0 bridgehead atoms. The average molecular weight is 385 g/mol. The zero-order valence-corrected chi connectivity index (χ0v) is 14.2. The molecule has 0 unspecified atom stereocenters. The number of aryl methyl sites for hydroxylation is 1. The monoisotopic (exact) mass is 385 g/mol. The summed E-state index contributed by atoms with van der Waals surface area (Å²) in [6.07, 6.45) is 8.94. The van der Waals surface area contributed by atoms with Gasteiger partial charge in [0.25, 0.3) is 0 Å². The van der Waals surface area contributed by atoms with Gasteiger partial charge in [0.05, 0.1) is 0 Å². The number of anilines is 1. The van der Waals surface area contributed by atoms with E-state index in [0.717, 1.165) is 24.6 Å². The molecule has 1 fully saturated rings. The van der Waals surface area contributed by atoms with Crippen molar-refractivity contribution >= 4 is 35.6 Å². The Morgan fingerprint density at radius 1 is 1.20 bits per heavy atom. The molecule has 1 saturated carbocycles. The predicted octanol–water partition coefficient (Wildman–Crippen LogP) is 3.71. The Hall–Kier alpha value is -0.780. The van der Waals surface area contributed by atoms with Gasteiger partial charge in [0, 0.05) is 12.2 Å². The van der Waals surface area contributed by atoms with E-state index in [9.17, 15) is 0 Å². The van der Waals surface area contributed by atoms with Gasteiger partial charge in [-0.15, -0.1) is 24.0 Å². The number of hydrogen-bond acceptors (Lipinski definition) is 1. The Bertz CT molecular complexity index is 481.